The van der Waals surface area contributed by atoms with Crippen LogP contribution in [0.25, 0.3) is 100 Å². The van der Waals surface area contributed by atoms with Gasteiger partial charge in [0.15, 0.2) is 0 Å². The zero-order valence-corrected chi connectivity index (χ0v) is 28.9. The maximum atomic E-state index is 5.49. The number of imidazole rings is 2. The molecule has 12 aromatic rings. The molecule has 0 atom stereocenters. The van der Waals surface area contributed by atoms with Crippen LogP contribution >= 0.6 is 0 Å². The fourth-order valence-corrected chi connectivity index (χ4v) is 8.56. The highest BCUT2D eigenvalue weighted by atomic mass is 15.2. The van der Waals surface area contributed by atoms with Crippen molar-refractivity contribution in [3.8, 4) is 28.7 Å². The predicted molar refractivity (Wildman–Crippen MR) is 219 cm³/mol. The molecule has 5 heterocycles. The molecule has 12 rings (SSSR count). The number of nitrogens with zero attached hydrogens (tertiary/aromatic N) is 7. The van der Waals surface area contributed by atoms with Gasteiger partial charge in [0.1, 0.15) is 5.82 Å². The standard InChI is InChI=1S/C47H29N7/c1-7-21-37-30(15-1)31-16-2-8-22-38(31)51(37)45-29-36(48-46(50-45)52-39-23-9-3-17-32(39)33-18-4-10-24-40(33)52)34-19-5-11-25-41(34)53-43-27-13-14-28-44(43)54-42-26-12-6-20-35(42)49-47(53)54/h1-29H. The molecule has 5 aromatic heterocycles. The Bertz CT molecular complexity index is 3230. The van der Waals surface area contributed by atoms with Gasteiger partial charge in [0.25, 0.3) is 0 Å². The van der Waals surface area contributed by atoms with Gasteiger partial charge in [-0.1, -0.05) is 115 Å². The van der Waals surface area contributed by atoms with Crippen LogP contribution in [0.15, 0.2) is 176 Å². The van der Waals surface area contributed by atoms with Gasteiger partial charge in [-0.3, -0.25) is 18.1 Å². The predicted octanol–water partition coefficient (Wildman–Crippen LogP) is 11.1. The molecule has 0 saturated heterocycles. The lowest BCUT2D eigenvalue weighted by atomic mass is 10.1. The fraction of sp³-hybridized carbons (Fsp3) is 0. The maximum absolute atomic E-state index is 5.49. The number of para-hydroxylation sites is 9. The molecule has 7 nitrogen and oxygen atoms in total. The lowest BCUT2D eigenvalue weighted by Crippen LogP contribution is -2.08. The van der Waals surface area contributed by atoms with Gasteiger partial charge < -0.3 is 0 Å². The van der Waals surface area contributed by atoms with Crippen molar-refractivity contribution in [1.82, 2.24) is 33.1 Å². The fourth-order valence-electron chi connectivity index (χ4n) is 8.56. The van der Waals surface area contributed by atoms with Crippen molar-refractivity contribution in [3.63, 3.8) is 0 Å². The first-order valence-corrected chi connectivity index (χ1v) is 18.1. The molecule has 54 heavy (non-hydrogen) atoms. The summed E-state index contributed by atoms with van der Waals surface area (Å²) in [7, 11) is 0. The Hall–Kier alpha value is -7.51. The minimum atomic E-state index is 0.602. The Morgan fingerprint density at radius 2 is 0.833 bits per heavy atom. The molecule has 0 aliphatic rings. The summed E-state index contributed by atoms with van der Waals surface area (Å²) in [5.74, 6) is 2.24. The normalized spacial score (nSPS) is 12.1. The van der Waals surface area contributed by atoms with Crippen LogP contribution in [0.1, 0.15) is 0 Å². The van der Waals surface area contributed by atoms with Crippen molar-refractivity contribution >= 4 is 71.5 Å². The molecule has 0 spiro atoms. The first-order valence-electron chi connectivity index (χ1n) is 18.1. The third-order valence-corrected chi connectivity index (χ3v) is 10.8. The van der Waals surface area contributed by atoms with E-state index in [4.69, 9.17) is 15.0 Å². The van der Waals surface area contributed by atoms with Crippen molar-refractivity contribution in [1.29, 1.82) is 0 Å². The Morgan fingerprint density at radius 3 is 1.46 bits per heavy atom. The molecule has 0 radical (unpaired) electrons. The summed E-state index contributed by atoms with van der Waals surface area (Å²) in [4.78, 5) is 16.1. The summed E-state index contributed by atoms with van der Waals surface area (Å²) in [5.41, 5.74) is 11.2. The third kappa shape index (κ3) is 3.98. The van der Waals surface area contributed by atoms with Crippen molar-refractivity contribution in [2.45, 2.75) is 0 Å². The molecule has 0 aliphatic carbocycles. The monoisotopic (exact) mass is 691 g/mol. The van der Waals surface area contributed by atoms with Gasteiger partial charge in [0.05, 0.1) is 55.5 Å². The average Bonchev–Trinajstić information content (AvgIpc) is 3.96. The molecule has 0 N–H and O–H groups in total. The first-order chi connectivity index (χ1) is 26.8. The van der Waals surface area contributed by atoms with E-state index in [-0.39, 0.29) is 0 Å². The van der Waals surface area contributed by atoms with Crippen LogP contribution in [0.2, 0.25) is 0 Å². The minimum absolute atomic E-state index is 0.602. The molecular formula is C47H29N7. The lowest BCUT2D eigenvalue weighted by Gasteiger charge is -2.16. The van der Waals surface area contributed by atoms with Gasteiger partial charge in [-0.2, -0.15) is 4.98 Å². The van der Waals surface area contributed by atoms with Crippen LogP contribution in [0, 0.1) is 0 Å². The molecule has 252 valence electrons. The van der Waals surface area contributed by atoms with Crippen LogP contribution in [-0.2, 0) is 0 Å². The summed E-state index contributed by atoms with van der Waals surface area (Å²) in [5, 5.41) is 4.68. The van der Waals surface area contributed by atoms with E-state index < -0.39 is 0 Å². The summed E-state index contributed by atoms with van der Waals surface area (Å²) >= 11 is 0. The summed E-state index contributed by atoms with van der Waals surface area (Å²) in [6, 6.07) is 61.7. The van der Waals surface area contributed by atoms with E-state index in [9.17, 15) is 0 Å². The molecule has 0 saturated carbocycles. The van der Waals surface area contributed by atoms with Gasteiger partial charge in [-0.25, -0.2) is 9.97 Å². The van der Waals surface area contributed by atoms with E-state index >= 15 is 0 Å². The summed E-state index contributed by atoms with van der Waals surface area (Å²) in [6.07, 6.45) is 0. The topological polar surface area (TPSA) is 57.9 Å². The van der Waals surface area contributed by atoms with Gasteiger partial charge >= 0.3 is 0 Å². The van der Waals surface area contributed by atoms with Crippen molar-refractivity contribution in [2.75, 3.05) is 0 Å². The lowest BCUT2D eigenvalue weighted by molar-refractivity contribution is 0.951. The zero-order chi connectivity index (χ0) is 35.3. The highest BCUT2D eigenvalue weighted by molar-refractivity contribution is 6.10. The van der Waals surface area contributed by atoms with Gasteiger partial charge in [0, 0.05) is 33.2 Å². The van der Waals surface area contributed by atoms with Crippen LogP contribution in [0.4, 0.5) is 0 Å². The van der Waals surface area contributed by atoms with Gasteiger partial charge in [-0.05, 0) is 54.6 Å². The van der Waals surface area contributed by atoms with Gasteiger partial charge in [-0.15, -0.1) is 0 Å². The molecule has 0 unspecified atom stereocenters. The molecular weight excluding hydrogens is 663 g/mol. The Morgan fingerprint density at radius 1 is 0.352 bits per heavy atom. The minimum Gasteiger partial charge on any atom is -0.294 e. The Labute approximate surface area is 308 Å². The first kappa shape index (κ1) is 29.1. The highest BCUT2D eigenvalue weighted by Gasteiger charge is 2.23. The second-order valence-electron chi connectivity index (χ2n) is 13.7. The largest absolute Gasteiger partial charge is 0.294 e. The van der Waals surface area contributed by atoms with E-state index in [1.54, 1.807) is 0 Å². The highest BCUT2D eigenvalue weighted by Crippen LogP contribution is 2.38. The van der Waals surface area contributed by atoms with Crippen LogP contribution in [0.3, 0.4) is 0 Å². The number of rotatable bonds is 4. The summed E-state index contributed by atoms with van der Waals surface area (Å²) in [6.45, 7) is 0. The molecule has 0 bridgehead atoms. The number of aromatic nitrogens is 7. The Kier molecular flexibility index (Phi) is 5.93. The number of fused-ring (bicyclic) bond motifs is 11. The Balaban J connectivity index is 1.21. The average molecular weight is 692 g/mol. The molecule has 0 fully saturated rings. The van der Waals surface area contributed by atoms with E-state index in [0.29, 0.717) is 5.95 Å². The number of hydrogen-bond donors (Lipinski definition) is 0. The second kappa shape index (κ2) is 11.0. The molecule has 0 aliphatic heterocycles. The number of benzene rings is 7. The maximum Gasteiger partial charge on any atom is 0.237 e. The van der Waals surface area contributed by atoms with Crippen molar-refractivity contribution in [2.24, 2.45) is 0 Å². The van der Waals surface area contributed by atoms with E-state index in [1.165, 1.54) is 10.8 Å². The van der Waals surface area contributed by atoms with E-state index in [1.807, 2.05) is 6.07 Å². The van der Waals surface area contributed by atoms with Crippen molar-refractivity contribution in [3.05, 3.63) is 176 Å². The third-order valence-electron chi connectivity index (χ3n) is 10.8. The van der Waals surface area contributed by atoms with Crippen molar-refractivity contribution < 1.29 is 0 Å². The molecule has 7 aromatic carbocycles. The second-order valence-corrected chi connectivity index (χ2v) is 13.7. The smallest absolute Gasteiger partial charge is 0.237 e. The quantitative estimate of drug-likeness (QED) is 0.185. The van der Waals surface area contributed by atoms with Crippen LogP contribution < -0.4 is 0 Å². The number of hydrogen-bond acceptors (Lipinski definition) is 3. The van der Waals surface area contributed by atoms with Crippen LogP contribution in [-0.4, -0.2) is 33.1 Å². The van der Waals surface area contributed by atoms with Gasteiger partial charge in [0.2, 0.25) is 11.7 Å². The zero-order valence-electron chi connectivity index (χ0n) is 28.9. The SMILES string of the molecule is c1ccc(-n2c3ccccc3n3c4ccccc4nc23)c(-c2cc(-n3c4ccccc4c4ccccc43)nc(-n3c4ccccc4c4ccccc43)n2)c1. The van der Waals surface area contributed by atoms with Crippen LogP contribution in [0.5, 0.6) is 0 Å². The van der Waals surface area contributed by atoms with E-state index in [2.05, 4.69) is 188 Å². The van der Waals surface area contributed by atoms with E-state index in [0.717, 1.165) is 83.4 Å². The molecule has 0 amide bonds. The summed E-state index contributed by atoms with van der Waals surface area (Å²) < 4.78 is 9.01. The molecule has 7 heteroatoms.